The lowest BCUT2D eigenvalue weighted by molar-refractivity contribution is 0.262. The average molecular weight is 226 g/mol. The molecule has 0 amide bonds. The summed E-state index contributed by atoms with van der Waals surface area (Å²) in [5, 5.41) is 13.0. The van der Waals surface area contributed by atoms with E-state index < -0.39 is 0 Å². The Balaban J connectivity index is 4.47. The summed E-state index contributed by atoms with van der Waals surface area (Å²) in [5.41, 5.74) is 1.10. The van der Waals surface area contributed by atoms with Crippen LogP contribution in [0.1, 0.15) is 6.92 Å². The van der Waals surface area contributed by atoms with Crippen molar-refractivity contribution in [3.8, 4) is 0 Å². The Labute approximate surface area is 99.6 Å². The molecule has 0 aromatic carbocycles. The summed E-state index contributed by atoms with van der Waals surface area (Å²) in [7, 11) is 3.94. The van der Waals surface area contributed by atoms with Crippen LogP contribution in [0.5, 0.6) is 0 Å². The largest absolute Gasteiger partial charge is 0.391 e. The fourth-order valence-electron chi connectivity index (χ4n) is 1.75. The Morgan fingerprint density at radius 1 is 1.12 bits per heavy atom. The van der Waals surface area contributed by atoms with Crippen molar-refractivity contribution in [3.63, 3.8) is 0 Å². The molecule has 4 N–H and O–H groups in total. The van der Waals surface area contributed by atoms with Crippen molar-refractivity contribution in [1.29, 1.82) is 0 Å². The smallest absolute Gasteiger partial charge is 0.0297 e. The molecule has 0 aliphatic heterocycles. The predicted molar refractivity (Wildman–Crippen MR) is 71.3 cm³/mol. The van der Waals surface area contributed by atoms with E-state index in [0.717, 1.165) is 31.9 Å². The van der Waals surface area contributed by atoms with E-state index in [0.29, 0.717) is 0 Å². The number of hydrogen-bond donors (Lipinski definition) is 4. The van der Waals surface area contributed by atoms with Gasteiger partial charge in [0.25, 0.3) is 0 Å². The van der Waals surface area contributed by atoms with Gasteiger partial charge in [-0.1, -0.05) is 13.2 Å². The quantitative estimate of drug-likeness (QED) is 0.432. The van der Waals surface area contributed by atoms with Gasteiger partial charge in [0, 0.05) is 37.3 Å². The van der Waals surface area contributed by atoms with Gasteiger partial charge in [-0.2, -0.15) is 0 Å². The molecule has 0 saturated carbocycles. The molecule has 0 rings (SSSR count). The normalized spacial score (nSPS) is 10.9. The Hall–Kier alpha value is -1.00. The van der Waals surface area contributed by atoms with Gasteiger partial charge in [-0.15, -0.1) is 0 Å². The standard InChI is InChI=1S/C12H26N4/c1-6-15-9-12(7-13-4,8-14-5)10-16-11(2)3/h6,13-16H,1-2,7-10H2,3-5H3. The van der Waals surface area contributed by atoms with Crippen LogP contribution in [0.3, 0.4) is 0 Å². The van der Waals surface area contributed by atoms with Gasteiger partial charge in [0.1, 0.15) is 0 Å². The third kappa shape index (κ3) is 5.78. The van der Waals surface area contributed by atoms with E-state index in [1.165, 1.54) is 0 Å². The highest BCUT2D eigenvalue weighted by Gasteiger charge is 2.28. The SMILES string of the molecule is C=CNCC(CNC)(CNC)CNC(=C)C. The first-order valence-corrected chi connectivity index (χ1v) is 5.63. The Bertz CT molecular complexity index is 207. The number of allylic oxidation sites excluding steroid dienone is 1. The minimum absolute atomic E-state index is 0.108. The molecular formula is C12H26N4. The van der Waals surface area contributed by atoms with E-state index in [4.69, 9.17) is 0 Å². The lowest BCUT2D eigenvalue weighted by Crippen LogP contribution is -2.52. The van der Waals surface area contributed by atoms with Crippen LogP contribution in [0.15, 0.2) is 25.1 Å². The van der Waals surface area contributed by atoms with Gasteiger partial charge >= 0.3 is 0 Å². The zero-order chi connectivity index (χ0) is 12.4. The van der Waals surface area contributed by atoms with Crippen molar-refractivity contribution >= 4 is 0 Å². The maximum atomic E-state index is 3.87. The summed E-state index contributed by atoms with van der Waals surface area (Å²) in [6.45, 7) is 13.1. The van der Waals surface area contributed by atoms with E-state index in [1.54, 1.807) is 6.20 Å². The summed E-state index contributed by atoms with van der Waals surface area (Å²) >= 11 is 0. The van der Waals surface area contributed by atoms with Gasteiger partial charge in [0.05, 0.1) is 0 Å². The monoisotopic (exact) mass is 226 g/mol. The highest BCUT2D eigenvalue weighted by molar-refractivity contribution is 4.94. The van der Waals surface area contributed by atoms with E-state index >= 15 is 0 Å². The van der Waals surface area contributed by atoms with Crippen LogP contribution < -0.4 is 21.3 Å². The topological polar surface area (TPSA) is 48.1 Å². The van der Waals surface area contributed by atoms with Gasteiger partial charge in [-0.05, 0) is 27.2 Å². The highest BCUT2D eigenvalue weighted by Crippen LogP contribution is 2.13. The molecule has 0 aliphatic rings. The summed E-state index contributed by atoms with van der Waals surface area (Å²) in [6, 6.07) is 0. The van der Waals surface area contributed by atoms with Gasteiger partial charge in [0.15, 0.2) is 0 Å². The van der Waals surface area contributed by atoms with Gasteiger partial charge < -0.3 is 21.3 Å². The van der Waals surface area contributed by atoms with Crippen LogP contribution >= 0.6 is 0 Å². The molecule has 0 heterocycles. The summed E-state index contributed by atoms with van der Waals surface area (Å²) in [5.74, 6) is 0. The molecule has 0 aromatic heterocycles. The van der Waals surface area contributed by atoms with Crippen molar-refractivity contribution in [2.24, 2.45) is 5.41 Å². The van der Waals surface area contributed by atoms with Gasteiger partial charge in [-0.25, -0.2) is 0 Å². The molecule has 0 aromatic rings. The van der Waals surface area contributed by atoms with Crippen molar-refractivity contribution in [1.82, 2.24) is 21.3 Å². The molecule has 16 heavy (non-hydrogen) atoms. The van der Waals surface area contributed by atoms with E-state index in [1.807, 2.05) is 21.0 Å². The van der Waals surface area contributed by atoms with Crippen molar-refractivity contribution in [2.45, 2.75) is 6.92 Å². The fraction of sp³-hybridized carbons (Fsp3) is 0.667. The first-order valence-electron chi connectivity index (χ1n) is 5.63. The zero-order valence-electron chi connectivity index (χ0n) is 10.8. The summed E-state index contributed by atoms with van der Waals surface area (Å²) in [4.78, 5) is 0. The zero-order valence-corrected chi connectivity index (χ0v) is 10.8. The Morgan fingerprint density at radius 2 is 1.69 bits per heavy atom. The second kappa shape index (κ2) is 8.19. The molecule has 0 aliphatic carbocycles. The van der Waals surface area contributed by atoms with Crippen molar-refractivity contribution in [2.75, 3.05) is 40.3 Å². The fourth-order valence-corrected chi connectivity index (χ4v) is 1.75. The molecule has 0 fully saturated rings. The van der Waals surface area contributed by atoms with Crippen LogP contribution in [0.25, 0.3) is 0 Å². The van der Waals surface area contributed by atoms with E-state index in [2.05, 4.69) is 34.4 Å². The molecule has 0 atom stereocenters. The number of rotatable bonds is 10. The maximum Gasteiger partial charge on any atom is 0.0297 e. The molecule has 94 valence electrons. The summed E-state index contributed by atoms with van der Waals surface area (Å²) in [6.07, 6.45) is 1.74. The lowest BCUT2D eigenvalue weighted by atomic mass is 9.87. The van der Waals surface area contributed by atoms with Crippen molar-refractivity contribution < 1.29 is 0 Å². The Morgan fingerprint density at radius 3 is 2.06 bits per heavy atom. The number of hydrogen-bond acceptors (Lipinski definition) is 4. The molecular weight excluding hydrogens is 200 g/mol. The van der Waals surface area contributed by atoms with E-state index in [-0.39, 0.29) is 5.41 Å². The predicted octanol–water partition coefficient (Wildman–Crippen LogP) is 0.268. The lowest BCUT2D eigenvalue weighted by Gasteiger charge is -2.34. The highest BCUT2D eigenvalue weighted by atomic mass is 15.0. The first kappa shape index (κ1) is 15.0. The molecule has 0 radical (unpaired) electrons. The Kier molecular flexibility index (Phi) is 7.68. The van der Waals surface area contributed by atoms with Crippen LogP contribution in [-0.2, 0) is 0 Å². The van der Waals surface area contributed by atoms with Gasteiger partial charge in [0.2, 0.25) is 0 Å². The number of nitrogens with one attached hydrogen (secondary N) is 4. The minimum Gasteiger partial charge on any atom is -0.391 e. The third-order valence-corrected chi connectivity index (χ3v) is 2.49. The molecule has 0 spiro atoms. The molecule has 0 unspecified atom stereocenters. The van der Waals surface area contributed by atoms with Crippen LogP contribution in [0.2, 0.25) is 0 Å². The molecule has 0 bridgehead atoms. The first-order chi connectivity index (χ1) is 7.60. The second-order valence-corrected chi connectivity index (χ2v) is 4.28. The second-order valence-electron chi connectivity index (χ2n) is 4.28. The van der Waals surface area contributed by atoms with Crippen LogP contribution in [0.4, 0.5) is 0 Å². The van der Waals surface area contributed by atoms with Crippen molar-refractivity contribution in [3.05, 3.63) is 25.1 Å². The summed E-state index contributed by atoms with van der Waals surface area (Å²) < 4.78 is 0. The minimum atomic E-state index is 0.108. The average Bonchev–Trinajstić information content (AvgIpc) is 2.24. The maximum absolute atomic E-state index is 3.87. The van der Waals surface area contributed by atoms with Crippen LogP contribution in [0, 0.1) is 5.41 Å². The van der Waals surface area contributed by atoms with E-state index in [9.17, 15) is 0 Å². The van der Waals surface area contributed by atoms with Gasteiger partial charge in [-0.3, -0.25) is 0 Å². The van der Waals surface area contributed by atoms with Crippen LogP contribution in [-0.4, -0.2) is 40.3 Å². The third-order valence-electron chi connectivity index (χ3n) is 2.49. The molecule has 4 heteroatoms. The molecule has 4 nitrogen and oxygen atoms in total. The molecule has 0 saturated heterocycles.